The van der Waals surface area contributed by atoms with E-state index in [4.69, 9.17) is 9.47 Å². The van der Waals surface area contributed by atoms with Gasteiger partial charge in [0.25, 0.3) is 0 Å². The van der Waals surface area contributed by atoms with Crippen molar-refractivity contribution < 1.29 is 14.3 Å². The molecule has 0 saturated carbocycles. The summed E-state index contributed by atoms with van der Waals surface area (Å²) in [6.45, 7) is 0. The molecular formula is C16H15NO3. The molecular weight excluding hydrogens is 254 g/mol. The molecule has 0 fully saturated rings. The van der Waals surface area contributed by atoms with Crippen molar-refractivity contribution in [1.82, 2.24) is 4.98 Å². The lowest BCUT2D eigenvalue weighted by atomic mass is 10.1. The van der Waals surface area contributed by atoms with Crippen molar-refractivity contribution in [3.63, 3.8) is 0 Å². The molecule has 0 saturated heterocycles. The van der Waals surface area contributed by atoms with Gasteiger partial charge in [-0.2, -0.15) is 0 Å². The van der Waals surface area contributed by atoms with E-state index in [-0.39, 0.29) is 5.78 Å². The molecule has 1 aromatic carbocycles. The minimum absolute atomic E-state index is 0.0662. The van der Waals surface area contributed by atoms with E-state index in [0.29, 0.717) is 17.2 Å². The van der Waals surface area contributed by atoms with E-state index in [9.17, 15) is 4.79 Å². The number of carbonyl (C=O) groups is 1. The van der Waals surface area contributed by atoms with Crippen LogP contribution in [0.25, 0.3) is 6.08 Å². The van der Waals surface area contributed by atoms with Crippen molar-refractivity contribution in [3.8, 4) is 11.6 Å². The Kier molecular flexibility index (Phi) is 4.50. The number of methoxy groups -OCH3 is 2. The molecule has 0 radical (unpaired) electrons. The molecule has 4 nitrogen and oxygen atoms in total. The second kappa shape index (κ2) is 6.52. The van der Waals surface area contributed by atoms with E-state index in [1.54, 1.807) is 37.6 Å². The van der Waals surface area contributed by atoms with E-state index in [1.807, 2.05) is 18.2 Å². The second-order valence-corrected chi connectivity index (χ2v) is 4.03. The highest BCUT2D eigenvalue weighted by Crippen LogP contribution is 2.23. The van der Waals surface area contributed by atoms with E-state index < -0.39 is 0 Å². The van der Waals surface area contributed by atoms with Crippen molar-refractivity contribution >= 4 is 11.9 Å². The normalized spacial score (nSPS) is 10.5. The Labute approximate surface area is 117 Å². The lowest BCUT2D eigenvalue weighted by Crippen LogP contribution is -1.95. The number of allylic oxidation sites excluding steroid dienone is 1. The molecule has 0 spiro atoms. The molecule has 0 amide bonds. The molecule has 2 aromatic rings. The van der Waals surface area contributed by atoms with Crippen LogP contribution in [0.3, 0.4) is 0 Å². The van der Waals surface area contributed by atoms with Gasteiger partial charge in [-0.25, -0.2) is 4.98 Å². The van der Waals surface area contributed by atoms with Gasteiger partial charge in [-0.3, -0.25) is 4.79 Å². The van der Waals surface area contributed by atoms with Crippen LogP contribution in [0.2, 0.25) is 0 Å². The third-order valence-corrected chi connectivity index (χ3v) is 2.77. The monoisotopic (exact) mass is 269 g/mol. The average molecular weight is 269 g/mol. The van der Waals surface area contributed by atoms with Gasteiger partial charge in [-0.1, -0.05) is 30.3 Å². The summed E-state index contributed by atoms with van der Waals surface area (Å²) in [7, 11) is 3.10. The fourth-order valence-electron chi connectivity index (χ4n) is 1.71. The minimum atomic E-state index is -0.0662. The first-order chi connectivity index (χ1) is 9.74. The Morgan fingerprint density at radius 2 is 1.90 bits per heavy atom. The zero-order valence-corrected chi connectivity index (χ0v) is 11.4. The van der Waals surface area contributed by atoms with Crippen molar-refractivity contribution in [2.24, 2.45) is 0 Å². The number of ketones is 1. The van der Waals surface area contributed by atoms with Crippen LogP contribution in [-0.4, -0.2) is 25.0 Å². The van der Waals surface area contributed by atoms with Gasteiger partial charge in [0.15, 0.2) is 5.78 Å². The summed E-state index contributed by atoms with van der Waals surface area (Å²) in [6.07, 6.45) is 4.79. The molecule has 1 heterocycles. The van der Waals surface area contributed by atoms with Crippen LogP contribution in [0, 0.1) is 0 Å². The van der Waals surface area contributed by atoms with Gasteiger partial charge in [0.1, 0.15) is 5.75 Å². The van der Waals surface area contributed by atoms with Gasteiger partial charge in [-0.15, -0.1) is 0 Å². The van der Waals surface area contributed by atoms with Crippen LogP contribution in [0.1, 0.15) is 15.9 Å². The van der Waals surface area contributed by atoms with Crippen LogP contribution in [0.4, 0.5) is 0 Å². The summed E-state index contributed by atoms with van der Waals surface area (Å²) in [5.41, 5.74) is 1.36. The maximum atomic E-state index is 12.0. The van der Waals surface area contributed by atoms with Crippen LogP contribution in [0.5, 0.6) is 11.6 Å². The van der Waals surface area contributed by atoms with Gasteiger partial charge < -0.3 is 9.47 Å². The molecule has 2 rings (SSSR count). The predicted molar refractivity (Wildman–Crippen MR) is 77.1 cm³/mol. The summed E-state index contributed by atoms with van der Waals surface area (Å²) in [6, 6.07) is 10.8. The van der Waals surface area contributed by atoms with Crippen LogP contribution in [0.15, 0.2) is 48.7 Å². The number of benzene rings is 1. The summed E-state index contributed by atoms with van der Waals surface area (Å²) in [5, 5.41) is 0. The van der Waals surface area contributed by atoms with Crippen molar-refractivity contribution in [2.45, 2.75) is 0 Å². The third-order valence-electron chi connectivity index (χ3n) is 2.77. The van der Waals surface area contributed by atoms with Gasteiger partial charge in [0.2, 0.25) is 5.88 Å². The second-order valence-electron chi connectivity index (χ2n) is 4.03. The van der Waals surface area contributed by atoms with E-state index in [1.165, 1.54) is 13.2 Å². The molecule has 0 aliphatic rings. The molecule has 1 aromatic heterocycles. The Bertz CT molecular complexity index is 621. The number of rotatable bonds is 5. The maximum Gasteiger partial charge on any atom is 0.216 e. The number of pyridine rings is 1. The lowest BCUT2D eigenvalue weighted by molar-refractivity contribution is 0.104. The predicted octanol–water partition coefficient (Wildman–Crippen LogP) is 2.99. The first-order valence-electron chi connectivity index (χ1n) is 6.10. The van der Waals surface area contributed by atoms with Crippen molar-refractivity contribution in [2.75, 3.05) is 14.2 Å². The highest BCUT2D eigenvalue weighted by molar-refractivity contribution is 6.06. The largest absolute Gasteiger partial charge is 0.496 e. The lowest BCUT2D eigenvalue weighted by Gasteiger charge is -2.06. The van der Waals surface area contributed by atoms with Crippen molar-refractivity contribution in [3.05, 3.63) is 59.8 Å². The van der Waals surface area contributed by atoms with E-state index in [2.05, 4.69) is 4.98 Å². The number of carbonyl (C=O) groups excluding carboxylic acids is 1. The molecule has 4 heteroatoms. The van der Waals surface area contributed by atoms with Crippen molar-refractivity contribution in [1.29, 1.82) is 0 Å². The Morgan fingerprint density at radius 1 is 1.15 bits per heavy atom. The smallest absolute Gasteiger partial charge is 0.216 e. The van der Waals surface area contributed by atoms with Gasteiger partial charge in [0, 0.05) is 23.4 Å². The van der Waals surface area contributed by atoms with Gasteiger partial charge >= 0.3 is 0 Å². The van der Waals surface area contributed by atoms with Gasteiger partial charge in [-0.05, 0) is 12.2 Å². The fraction of sp³-hybridized carbons (Fsp3) is 0.125. The fourth-order valence-corrected chi connectivity index (χ4v) is 1.71. The Balaban J connectivity index is 2.21. The van der Waals surface area contributed by atoms with Crippen LogP contribution in [-0.2, 0) is 0 Å². The zero-order chi connectivity index (χ0) is 14.4. The summed E-state index contributed by atoms with van der Waals surface area (Å²) in [5.74, 6) is 1.01. The third kappa shape index (κ3) is 3.23. The van der Waals surface area contributed by atoms with E-state index in [0.717, 1.165) is 5.56 Å². The average Bonchev–Trinajstić information content (AvgIpc) is 2.53. The number of aromatic nitrogens is 1. The van der Waals surface area contributed by atoms with Gasteiger partial charge in [0.05, 0.1) is 14.2 Å². The first-order valence-corrected chi connectivity index (χ1v) is 6.10. The zero-order valence-electron chi connectivity index (χ0n) is 11.4. The molecule has 20 heavy (non-hydrogen) atoms. The molecule has 102 valence electrons. The molecule has 0 bridgehead atoms. The maximum absolute atomic E-state index is 12.0. The highest BCUT2D eigenvalue weighted by Gasteiger charge is 2.05. The van der Waals surface area contributed by atoms with Crippen LogP contribution < -0.4 is 9.47 Å². The quantitative estimate of drug-likeness (QED) is 0.618. The minimum Gasteiger partial charge on any atom is -0.496 e. The summed E-state index contributed by atoms with van der Waals surface area (Å²) < 4.78 is 10.3. The molecule has 0 aliphatic carbocycles. The summed E-state index contributed by atoms with van der Waals surface area (Å²) >= 11 is 0. The number of nitrogens with zero attached hydrogens (tertiary/aromatic N) is 1. The van der Waals surface area contributed by atoms with E-state index >= 15 is 0 Å². The number of ether oxygens (including phenoxy) is 2. The topological polar surface area (TPSA) is 48.4 Å². The molecule has 0 N–H and O–H groups in total. The molecule has 0 atom stereocenters. The highest BCUT2D eigenvalue weighted by atomic mass is 16.5. The SMILES string of the molecule is COc1cc(OC)c(/C=C/C(=O)c2ccccc2)cn1. The summed E-state index contributed by atoms with van der Waals surface area (Å²) in [4.78, 5) is 16.1. The molecule has 0 aliphatic heterocycles. The number of hydrogen-bond acceptors (Lipinski definition) is 4. The Hall–Kier alpha value is -2.62. The molecule has 0 unspecified atom stereocenters. The Morgan fingerprint density at radius 3 is 2.55 bits per heavy atom. The standard InChI is InChI=1S/C16H15NO3/c1-19-15-10-16(20-2)17-11-13(15)8-9-14(18)12-6-4-3-5-7-12/h3-11H,1-2H3/b9-8+. The number of hydrogen-bond donors (Lipinski definition) is 0. The first kappa shape index (κ1) is 13.8. The van der Waals surface area contributed by atoms with Crippen LogP contribution >= 0.6 is 0 Å².